The summed E-state index contributed by atoms with van der Waals surface area (Å²) in [5, 5.41) is 5.90. The van der Waals surface area contributed by atoms with Crippen LogP contribution in [-0.4, -0.2) is 33.4 Å². The minimum Gasteiger partial charge on any atom is -0.344 e. The monoisotopic (exact) mass is 429 g/mol. The molecule has 1 aliphatic carbocycles. The Morgan fingerprint density at radius 3 is 2.34 bits per heavy atom. The molecule has 164 valence electrons. The molecule has 0 spiro atoms. The lowest BCUT2D eigenvalue weighted by atomic mass is 10.1. The molecule has 3 amide bonds. The smallest absolute Gasteiger partial charge is 0.322 e. The Labute approximate surface area is 187 Å². The highest BCUT2D eigenvalue weighted by atomic mass is 16.2. The van der Waals surface area contributed by atoms with Crippen molar-refractivity contribution in [3.8, 4) is 11.3 Å². The molecule has 2 heterocycles. The zero-order valence-corrected chi connectivity index (χ0v) is 18.1. The Bertz CT molecular complexity index is 1120. The Kier molecular flexibility index (Phi) is 5.39. The van der Waals surface area contributed by atoms with Crippen LogP contribution in [-0.2, 0) is 4.79 Å². The van der Waals surface area contributed by atoms with E-state index >= 15 is 0 Å². The van der Waals surface area contributed by atoms with Crippen molar-refractivity contribution in [2.24, 2.45) is 5.92 Å². The number of benzene rings is 2. The second-order valence-electron chi connectivity index (χ2n) is 8.58. The highest BCUT2D eigenvalue weighted by molar-refractivity contribution is 5.94. The molecule has 0 unspecified atom stereocenters. The van der Waals surface area contributed by atoms with E-state index in [0.717, 1.165) is 54.1 Å². The second kappa shape index (κ2) is 8.49. The molecule has 1 saturated heterocycles. The van der Waals surface area contributed by atoms with Crippen molar-refractivity contribution in [3.63, 3.8) is 0 Å². The summed E-state index contributed by atoms with van der Waals surface area (Å²) in [5.41, 5.74) is 4.44. The topological polar surface area (TPSA) is 90.1 Å². The van der Waals surface area contributed by atoms with Gasteiger partial charge in [0.15, 0.2) is 0 Å². The Morgan fingerprint density at radius 1 is 0.969 bits per heavy atom. The number of hydrogen-bond donors (Lipinski definition) is 3. The zero-order chi connectivity index (χ0) is 22.1. The van der Waals surface area contributed by atoms with Gasteiger partial charge in [-0.15, -0.1) is 0 Å². The van der Waals surface area contributed by atoms with Crippen LogP contribution in [0.1, 0.15) is 43.2 Å². The van der Waals surface area contributed by atoms with E-state index in [4.69, 9.17) is 4.98 Å². The van der Waals surface area contributed by atoms with Crippen LogP contribution < -0.4 is 10.6 Å². The number of aromatic nitrogens is 2. The molecule has 1 aromatic heterocycles. The van der Waals surface area contributed by atoms with E-state index in [1.807, 2.05) is 66.4 Å². The van der Waals surface area contributed by atoms with Gasteiger partial charge in [-0.25, -0.2) is 9.78 Å². The van der Waals surface area contributed by atoms with Gasteiger partial charge < -0.3 is 20.5 Å². The molecular formula is C25H27N5O2. The molecule has 0 bridgehead atoms. The summed E-state index contributed by atoms with van der Waals surface area (Å²) < 4.78 is 0. The number of likely N-dealkylation sites (tertiary alicyclic amines) is 1. The molecule has 2 fully saturated rings. The number of aryl methyl sites for hydroxylation is 1. The summed E-state index contributed by atoms with van der Waals surface area (Å²) in [5.74, 6) is 1.06. The van der Waals surface area contributed by atoms with Crippen LogP contribution in [0.25, 0.3) is 11.3 Å². The van der Waals surface area contributed by atoms with Crippen molar-refractivity contribution in [1.82, 2.24) is 14.9 Å². The Morgan fingerprint density at radius 2 is 1.66 bits per heavy atom. The molecule has 0 radical (unpaired) electrons. The molecule has 1 saturated carbocycles. The number of imidazole rings is 1. The van der Waals surface area contributed by atoms with E-state index in [2.05, 4.69) is 15.6 Å². The van der Waals surface area contributed by atoms with Crippen LogP contribution in [0.4, 0.5) is 16.2 Å². The molecule has 1 aliphatic heterocycles. The Hall–Kier alpha value is -3.61. The normalized spacial score (nSPS) is 17.9. The summed E-state index contributed by atoms with van der Waals surface area (Å²) in [6, 6.07) is 17.1. The predicted molar refractivity (Wildman–Crippen MR) is 124 cm³/mol. The van der Waals surface area contributed by atoms with Gasteiger partial charge in [-0.1, -0.05) is 30.3 Å². The van der Waals surface area contributed by atoms with Gasteiger partial charge >= 0.3 is 6.03 Å². The number of anilines is 2. The van der Waals surface area contributed by atoms with E-state index in [0.29, 0.717) is 12.2 Å². The molecule has 7 nitrogen and oxygen atoms in total. The molecule has 7 heteroatoms. The third-order valence-electron chi connectivity index (χ3n) is 6.13. The van der Waals surface area contributed by atoms with Gasteiger partial charge in [-0.3, -0.25) is 4.79 Å². The molecule has 2 aromatic carbocycles. The third kappa shape index (κ3) is 4.23. The van der Waals surface area contributed by atoms with Gasteiger partial charge in [0.2, 0.25) is 5.91 Å². The first-order chi connectivity index (χ1) is 15.6. The maximum atomic E-state index is 13.0. The number of nitrogens with one attached hydrogen (secondary N) is 3. The number of aromatic amines is 1. The molecule has 2 aliphatic rings. The summed E-state index contributed by atoms with van der Waals surface area (Å²) >= 11 is 0. The molecule has 1 atom stereocenters. The highest BCUT2D eigenvalue weighted by Gasteiger charge is 2.33. The first-order valence-corrected chi connectivity index (χ1v) is 11.2. The van der Waals surface area contributed by atoms with E-state index in [-0.39, 0.29) is 23.9 Å². The van der Waals surface area contributed by atoms with E-state index < -0.39 is 0 Å². The SMILES string of the molecule is Cc1[nH]c([C@@H]2CCCN2C(=O)Nc2ccc(NC(=O)C3CC3)cc2)nc1-c1ccccc1. The third-order valence-corrected chi connectivity index (χ3v) is 6.13. The fourth-order valence-corrected chi connectivity index (χ4v) is 4.23. The average Bonchev–Trinajstić information content (AvgIpc) is 3.42. The molecular weight excluding hydrogens is 402 g/mol. The second-order valence-corrected chi connectivity index (χ2v) is 8.58. The maximum absolute atomic E-state index is 13.0. The molecule has 3 aromatic rings. The average molecular weight is 430 g/mol. The lowest BCUT2D eigenvalue weighted by Gasteiger charge is -2.23. The van der Waals surface area contributed by atoms with Crippen LogP contribution in [0.3, 0.4) is 0 Å². The van der Waals surface area contributed by atoms with Crippen molar-refractivity contribution < 1.29 is 9.59 Å². The van der Waals surface area contributed by atoms with E-state index in [9.17, 15) is 9.59 Å². The van der Waals surface area contributed by atoms with Gasteiger partial charge in [0.1, 0.15) is 5.82 Å². The first-order valence-electron chi connectivity index (χ1n) is 11.2. The number of urea groups is 1. The van der Waals surface area contributed by atoms with Crippen molar-refractivity contribution in [1.29, 1.82) is 0 Å². The van der Waals surface area contributed by atoms with E-state index in [1.54, 1.807) is 0 Å². The van der Waals surface area contributed by atoms with Gasteiger partial charge in [0.25, 0.3) is 0 Å². The predicted octanol–water partition coefficient (Wildman–Crippen LogP) is 5.10. The van der Waals surface area contributed by atoms with Crippen molar-refractivity contribution in [2.75, 3.05) is 17.2 Å². The number of H-pyrrole nitrogens is 1. The fourth-order valence-electron chi connectivity index (χ4n) is 4.23. The van der Waals surface area contributed by atoms with Crippen molar-refractivity contribution >= 4 is 23.3 Å². The van der Waals surface area contributed by atoms with Crippen LogP contribution in [0.5, 0.6) is 0 Å². The first kappa shape index (κ1) is 20.3. The largest absolute Gasteiger partial charge is 0.344 e. The fraction of sp³-hybridized carbons (Fsp3) is 0.320. The molecule has 5 rings (SSSR count). The quantitative estimate of drug-likeness (QED) is 0.527. The van der Waals surface area contributed by atoms with Crippen LogP contribution in [0, 0.1) is 12.8 Å². The van der Waals surface area contributed by atoms with Crippen molar-refractivity contribution in [3.05, 3.63) is 66.1 Å². The van der Waals surface area contributed by atoms with Crippen LogP contribution in [0.15, 0.2) is 54.6 Å². The number of nitrogens with zero attached hydrogens (tertiary/aromatic N) is 2. The number of carbonyl (C=O) groups excluding carboxylic acids is 2. The van der Waals surface area contributed by atoms with Gasteiger partial charge in [0.05, 0.1) is 11.7 Å². The van der Waals surface area contributed by atoms with Gasteiger partial charge in [0, 0.05) is 35.1 Å². The highest BCUT2D eigenvalue weighted by Crippen LogP contribution is 2.33. The summed E-state index contributed by atoms with van der Waals surface area (Å²) in [4.78, 5) is 35.0. The number of carbonyl (C=O) groups is 2. The Balaban J connectivity index is 1.26. The molecule has 32 heavy (non-hydrogen) atoms. The molecule has 3 N–H and O–H groups in total. The summed E-state index contributed by atoms with van der Waals surface area (Å²) in [7, 11) is 0. The summed E-state index contributed by atoms with van der Waals surface area (Å²) in [6.45, 7) is 2.70. The summed E-state index contributed by atoms with van der Waals surface area (Å²) in [6.07, 6.45) is 3.75. The van der Waals surface area contributed by atoms with E-state index in [1.165, 1.54) is 0 Å². The number of amides is 3. The van der Waals surface area contributed by atoms with Crippen LogP contribution in [0.2, 0.25) is 0 Å². The minimum absolute atomic E-state index is 0.0744. The maximum Gasteiger partial charge on any atom is 0.322 e. The number of hydrogen-bond acceptors (Lipinski definition) is 3. The zero-order valence-electron chi connectivity index (χ0n) is 18.1. The lowest BCUT2D eigenvalue weighted by Crippen LogP contribution is -2.34. The minimum atomic E-state index is -0.141. The van der Waals surface area contributed by atoms with Gasteiger partial charge in [-0.2, -0.15) is 0 Å². The van der Waals surface area contributed by atoms with Crippen molar-refractivity contribution in [2.45, 2.75) is 38.6 Å². The lowest BCUT2D eigenvalue weighted by molar-refractivity contribution is -0.117. The number of rotatable bonds is 5. The standard InChI is InChI=1S/C25H27N5O2/c1-16-22(17-6-3-2-4-7-17)29-23(26-16)21-8-5-15-30(21)25(32)28-20-13-11-19(12-14-20)27-24(31)18-9-10-18/h2-4,6-7,11-14,18,21H,5,8-10,15H2,1H3,(H,26,29)(H,27,31)(H,28,32)/t21-/m0/s1. The van der Waals surface area contributed by atoms with Crippen LogP contribution >= 0.6 is 0 Å². The van der Waals surface area contributed by atoms with Gasteiger partial charge in [-0.05, 0) is 56.9 Å².